The second-order valence-corrected chi connectivity index (χ2v) is 16.6. The number of amides is 2. The third kappa shape index (κ3) is 18.3. The quantitative estimate of drug-likeness (QED) is 0.0482. The fraction of sp³-hybridized carbons (Fsp3) is 0.655. The van der Waals surface area contributed by atoms with E-state index in [2.05, 4.69) is 43.1 Å². The molecule has 0 bridgehead atoms. The molecule has 2 rings (SSSR count). The number of nitrogens with two attached hydrogens (primary N) is 1. The third-order valence-electron chi connectivity index (χ3n) is 5.84. The standard InChI is InChI=1S/C29H44BF2N3O8S4/c1-28(2,3)46-45-26(19-41-21-8-5-7-20(15-21)27(38)35-12-10-33)40-14-13-39-18-25(37)34-11-6-9-30-24-16-22(23(17-36)42-24)43-29(31,32)47-44-4/h5,7-8,15,22-24,26,30,36H,10-14,16-19,33H2,1-4H3,(H,34,37)(H,35,38)/t22-,23?,24-,26?/m1/s1. The molecule has 18 heteroatoms. The van der Waals surface area contributed by atoms with Crippen LogP contribution >= 0.6 is 43.2 Å². The summed E-state index contributed by atoms with van der Waals surface area (Å²) in [5.41, 5.74) is 2.19. The number of carbonyl (C=O) groups is 2. The number of aliphatic hydroxyl groups is 1. The van der Waals surface area contributed by atoms with Crippen LogP contribution in [0.3, 0.4) is 0 Å². The highest BCUT2D eigenvalue weighted by atomic mass is 33.1. The molecule has 5 N–H and O–H groups in total. The van der Waals surface area contributed by atoms with E-state index in [9.17, 15) is 23.5 Å². The number of ether oxygens (including phenoxy) is 5. The van der Waals surface area contributed by atoms with Gasteiger partial charge in [-0.05, 0) is 30.9 Å². The molecule has 0 spiro atoms. The Hall–Kier alpha value is -1.40. The van der Waals surface area contributed by atoms with E-state index in [0.717, 1.165) is 10.8 Å². The molecule has 11 nitrogen and oxygen atoms in total. The molecular weight excluding hydrogens is 695 g/mol. The van der Waals surface area contributed by atoms with E-state index < -0.39 is 30.3 Å². The van der Waals surface area contributed by atoms with Gasteiger partial charge in [-0.3, -0.25) is 9.59 Å². The lowest BCUT2D eigenvalue weighted by Gasteiger charge is -2.22. The SMILES string of the molecule is CSSC(F)(F)O[C@@H]1C[C@H](BC#CCNC(=O)COCCOC(COc2cccc(C(=O)NCCN)c2)SSC(C)(C)C)OC1CO. The Morgan fingerprint density at radius 2 is 2.02 bits per heavy atom. The van der Waals surface area contributed by atoms with Crippen LogP contribution in [0.25, 0.3) is 0 Å². The summed E-state index contributed by atoms with van der Waals surface area (Å²) in [4.78, 5) is 24.4. The molecule has 2 unspecified atom stereocenters. The number of hydrogen-bond donors (Lipinski definition) is 4. The second-order valence-electron chi connectivity index (χ2n) is 10.9. The molecule has 4 atom stereocenters. The normalized spacial score (nSPS) is 18.6. The monoisotopic (exact) mass is 739 g/mol. The summed E-state index contributed by atoms with van der Waals surface area (Å²) >= 11 is 0. The maximum atomic E-state index is 13.8. The highest BCUT2D eigenvalue weighted by Crippen LogP contribution is 2.41. The molecule has 1 aromatic rings. The van der Waals surface area contributed by atoms with Crippen molar-refractivity contribution in [3.05, 3.63) is 29.8 Å². The zero-order valence-electron chi connectivity index (χ0n) is 27.0. The number of carbonyl (C=O) groups excluding carboxylic acids is 2. The number of hydrogen-bond acceptors (Lipinski definition) is 13. The third-order valence-corrected chi connectivity index (χ3v) is 10.9. The summed E-state index contributed by atoms with van der Waals surface area (Å²) in [7, 11) is 4.60. The summed E-state index contributed by atoms with van der Waals surface area (Å²) in [6.07, 6.45) is -0.101. The van der Waals surface area contributed by atoms with Gasteiger partial charge in [0.05, 0.1) is 32.5 Å². The molecule has 1 heterocycles. The molecule has 1 fully saturated rings. The van der Waals surface area contributed by atoms with Gasteiger partial charge in [-0.2, -0.15) is 14.6 Å². The van der Waals surface area contributed by atoms with Gasteiger partial charge in [0, 0.05) is 40.2 Å². The molecule has 0 radical (unpaired) electrons. The van der Waals surface area contributed by atoms with Crippen molar-refractivity contribution in [2.45, 2.75) is 61.0 Å². The van der Waals surface area contributed by atoms with E-state index in [-0.39, 0.29) is 68.7 Å². The van der Waals surface area contributed by atoms with Crippen molar-refractivity contribution in [3.63, 3.8) is 0 Å². The largest absolute Gasteiger partial charge is 0.490 e. The zero-order chi connectivity index (χ0) is 34.7. The fourth-order valence-corrected chi connectivity index (χ4v) is 7.09. The minimum Gasteiger partial charge on any atom is -0.490 e. The molecule has 2 amide bonds. The van der Waals surface area contributed by atoms with Gasteiger partial charge in [0.2, 0.25) is 13.2 Å². The Balaban J connectivity index is 1.69. The van der Waals surface area contributed by atoms with Gasteiger partial charge in [-0.15, -0.1) is 0 Å². The van der Waals surface area contributed by atoms with Crippen molar-refractivity contribution in [2.75, 3.05) is 58.9 Å². The van der Waals surface area contributed by atoms with Crippen LogP contribution in [0.1, 0.15) is 37.6 Å². The number of benzene rings is 1. The van der Waals surface area contributed by atoms with Crippen LogP contribution in [0.15, 0.2) is 24.3 Å². The molecule has 0 aromatic heterocycles. The Bertz CT molecular complexity index is 1160. The van der Waals surface area contributed by atoms with Crippen molar-refractivity contribution < 1.29 is 47.2 Å². The molecule has 1 saturated heterocycles. The lowest BCUT2D eigenvalue weighted by atomic mass is 9.71. The van der Waals surface area contributed by atoms with Gasteiger partial charge in [0.25, 0.3) is 5.91 Å². The number of nitrogens with one attached hydrogen (secondary N) is 2. The zero-order valence-corrected chi connectivity index (χ0v) is 30.2. The van der Waals surface area contributed by atoms with Gasteiger partial charge >= 0.3 is 5.44 Å². The van der Waals surface area contributed by atoms with Crippen LogP contribution in [0.5, 0.6) is 5.75 Å². The number of halogens is 2. The predicted octanol–water partition coefficient (Wildman–Crippen LogP) is 2.86. The van der Waals surface area contributed by atoms with Crippen LogP contribution in [0.2, 0.25) is 0 Å². The molecule has 1 aliphatic rings. The van der Waals surface area contributed by atoms with Crippen LogP contribution in [-0.4, -0.2) is 117 Å². The van der Waals surface area contributed by atoms with Gasteiger partial charge < -0.3 is 45.2 Å². The fourth-order valence-electron chi connectivity index (χ4n) is 3.84. The van der Waals surface area contributed by atoms with Crippen LogP contribution in [0.4, 0.5) is 8.78 Å². The summed E-state index contributed by atoms with van der Waals surface area (Å²) < 4.78 is 55.4. The Kier molecular flexibility index (Phi) is 19.9. The first-order valence-corrected chi connectivity index (χ1v) is 19.6. The lowest BCUT2D eigenvalue weighted by Crippen LogP contribution is -2.33. The molecule has 47 heavy (non-hydrogen) atoms. The number of aliphatic hydroxyl groups excluding tert-OH is 1. The molecule has 0 saturated carbocycles. The second kappa shape index (κ2) is 22.3. The summed E-state index contributed by atoms with van der Waals surface area (Å²) in [6, 6.07) is 6.40. The summed E-state index contributed by atoms with van der Waals surface area (Å²) in [5.74, 6) is 5.61. The van der Waals surface area contributed by atoms with Crippen LogP contribution in [-0.2, 0) is 23.7 Å². The number of rotatable bonds is 21. The first-order chi connectivity index (χ1) is 22.4. The van der Waals surface area contributed by atoms with E-state index in [4.69, 9.17) is 29.4 Å². The van der Waals surface area contributed by atoms with Gasteiger partial charge in [0.1, 0.15) is 30.5 Å². The number of alkyl halides is 2. The van der Waals surface area contributed by atoms with Crippen molar-refractivity contribution in [3.8, 4) is 17.5 Å². The van der Waals surface area contributed by atoms with E-state index in [0.29, 0.717) is 35.2 Å². The van der Waals surface area contributed by atoms with Crippen molar-refractivity contribution >= 4 is 62.3 Å². The van der Waals surface area contributed by atoms with Crippen LogP contribution in [0, 0.1) is 11.7 Å². The van der Waals surface area contributed by atoms with E-state index in [1.54, 1.807) is 35.1 Å². The minimum absolute atomic E-state index is 0.0157. The van der Waals surface area contributed by atoms with Crippen molar-refractivity contribution in [1.29, 1.82) is 0 Å². The Morgan fingerprint density at radius 1 is 1.23 bits per heavy atom. The van der Waals surface area contributed by atoms with Crippen molar-refractivity contribution in [1.82, 2.24) is 10.6 Å². The maximum absolute atomic E-state index is 13.8. The van der Waals surface area contributed by atoms with E-state index in [1.165, 1.54) is 17.0 Å². The highest BCUT2D eigenvalue weighted by Gasteiger charge is 2.43. The maximum Gasteiger partial charge on any atom is 0.418 e. The topological polar surface area (TPSA) is 151 Å². The van der Waals surface area contributed by atoms with Gasteiger partial charge in [-0.25, -0.2) is 0 Å². The van der Waals surface area contributed by atoms with Gasteiger partial charge in [-0.1, -0.05) is 65.1 Å². The van der Waals surface area contributed by atoms with Gasteiger partial charge in [0.15, 0.2) is 0 Å². The summed E-state index contributed by atoms with van der Waals surface area (Å²) in [6.45, 7) is 7.09. The minimum atomic E-state index is -3.39. The predicted molar refractivity (Wildman–Crippen MR) is 188 cm³/mol. The lowest BCUT2D eigenvalue weighted by molar-refractivity contribution is -0.204. The summed E-state index contributed by atoms with van der Waals surface area (Å²) in [5, 5.41) is 14.8. The molecule has 1 aliphatic heterocycles. The van der Waals surface area contributed by atoms with Crippen molar-refractivity contribution in [2.24, 2.45) is 5.73 Å². The highest BCUT2D eigenvalue weighted by molar-refractivity contribution is 8.77. The van der Waals surface area contributed by atoms with Crippen LogP contribution < -0.4 is 21.1 Å². The van der Waals surface area contributed by atoms with E-state index >= 15 is 0 Å². The Labute approximate surface area is 292 Å². The molecule has 1 aromatic carbocycles. The first-order valence-electron chi connectivity index (χ1n) is 14.9. The molecule has 264 valence electrons. The smallest absolute Gasteiger partial charge is 0.418 e. The first kappa shape index (κ1) is 41.8. The Morgan fingerprint density at radius 3 is 2.72 bits per heavy atom. The molecular formula is C29H44BF2N3O8S4. The van der Waals surface area contributed by atoms with E-state index in [1.807, 2.05) is 0 Å². The average molecular weight is 740 g/mol. The average Bonchev–Trinajstić information content (AvgIpc) is 3.40. The molecule has 0 aliphatic carbocycles.